The molecule has 1 aliphatic carbocycles. The molecule has 0 unspecified atom stereocenters. The van der Waals surface area contributed by atoms with Crippen LogP contribution < -0.4 is 4.74 Å². The van der Waals surface area contributed by atoms with Crippen molar-refractivity contribution in [1.82, 2.24) is 0 Å². The molecule has 0 saturated heterocycles. The molecule has 0 spiro atoms. The Morgan fingerprint density at radius 1 is 1.21 bits per heavy atom. The summed E-state index contributed by atoms with van der Waals surface area (Å²) in [5.74, 6) is -2.76. The van der Waals surface area contributed by atoms with Crippen LogP contribution in [0.1, 0.15) is 12.8 Å². The van der Waals surface area contributed by atoms with E-state index in [1.807, 2.05) is 0 Å². The van der Waals surface area contributed by atoms with Crippen LogP contribution in [-0.4, -0.2) is 22.0 Å². The van der Waals surface area contributed by atoms with E-state index in [1.165, 1.54) is 24.3 Å². The maximum Gasteiger partial charge on any atom is 0.315 e. The van der Waals surface area contributed by atoms with Crippen LogP contribution in [0.5, 0.6) is 5.75 Å². The van der Waals surface area contributed by atoms with Crippen molar-refractivity contribution in [2.24, 2.45) is 11.8 Å². The summed E-state index contributed by atoms with van der Waals surface area (Å²) >= 11 is 0. The van der Waals surface area contributed by atoms with Gasteiger partial charge in [0.1, 0.15) is 5.75 Å². The van der Waals surface area contributed by atoms with Crippen molar-refractivity contribution in [3.05, 3.63) is 34.4 Å². The van der Waals surface area contributed by atoms with Crippen LogP contribution in [0.3, 0.4) is 0 Å². The second-order valence-electron chi connectivity index (χ2n) is 4.30. The summed E-state index contributed by atoms with van der Waals surface area (Å²) in [7, 11) is 0. The van der Waals surface area contributed by atoms with Crippen molar-refractivity contribution in [3.63, 3.8) is 0 Å². The van der Waals surface area contributed by atoms with Gasteiger partial charge >= 0.3 is 11.9 Å². The first-order valence-electron chi connectivity index (χ1n) is 5.68. The van der Waals surface area contributed by atoms with Gasteiger partial charge in [-0.25, -0.2) is 0 Å². The molecule has 2 rings (SSSR count). The third-order valence-electron chi connectivity index (χ3n) is 3.16. The highest BCUT2D eigenvalue weighted by molar-refractivity contribution is 5.84. The predicted octanol–water partition coefficient (Wildman–Crippen LogP) is 1.61. The van der Waals surface area contributed by atoms with Gasteiger partial charge in [-0.1, -0.05) is 0 Å². The Balaban J connectivity index is 1.99. The highest BCUT2D eigenvalue weighted by Crippen LogP contribution is 2.35. The number of nitro benzene ring substituents is 1. The number of carboxylic acids is 1. The summed E-state index contributed by atoms with van der Waals surface area (Å²) in [6.45, 7) is 0. The van der Waals surface area contributed by atoms with Gasteiger partial charge < -0.3 is 9.84 Å². The smallest absolute Gasteiger partial charge is 0.315 e. The fraction of sp³-hybridized carbons (Fsp3) is 0.333. The van der Waals surface area contributed by atoms with Crippen LogP contribution in [0, 0.1) is 22.0 Å². The summed E-state index contributed by atoms with van der Waals surface area (Å²) in [6.07, 6.45) is 0.956. The molecule has 1 fully saturated rings. The van der Waals surface area contributed by atoms with E-state index in [1.54, 1.807) is 0 Å². The highest BCUT2D eigenvalue weighted by atomic mass is 16.6. The predicted molar refractivity (Wildman–Crippen MR) is 62.6 cm³/mol. The first-order valence-corrected chi connectivity index (χ1v) is 5.68. The SMILES string of the molecule is O=C(O)[C@H]1CC[C@@H]1C(=O)Oc1ccc([N+](=O)[O-])cc1. The zero-order valence-corrected chi connectivity index (χ0v) is 9.81. The lowest BCUT2D eigenvalue weighted by molar-refractivity contribution is -0.384. The Hall–Kier alpha value is -2.44. The Morgan fingerprint density at radius 2 is 1.79 bits per heavy atom. The maximum absolute atomic E-state index is 11.7. The average Bonchev–Trinajstić information content (AvgIpc) is 2.27. The number of carbonyl (C=O) groups is 2. The van der Waals surface area contributed by atoms with Gasteiger partial charge in [-0.2, -0.15) is 0 Å². The molecule has 0 amide bonds. The molecule has 1 N–H and O–H groups in total. The van der Waals surface area contributed by atoms with Crippen molar-refractivity contribution in [1.29, 1.82) is 0 Å². The van der Waals surface area contributed by atoms with Crippen molar-refractivity contribution in [2.75, 3.05) is 0 Å². The van der Waals surface area contributed by atoms with E-state index in [0.29, 0.717) is 12.8 Å². The number of hydrogen-bond acceptors (Lipinski definition) is 5. The van der Waals surface area contributed by atoms with Gasteiger partial charge in [0.25, 0.3) is 5.69 Å². The lowest BCUT2D eigenvalue weighted by Gasteiger charge is -2.30. The van der Waals surface area contributed by atoms with E-state index in [4.69, 9.17) is 9.84 Å². The van der Waals surface area contributed by atoms with Gasteiger partial charge in [0.15, 0.2) is 0 Å². The molecule has 1 saturated carbocycles. The van der Waals surface area contributed by atoms with Crippen LogP contribution in [0.15, 0.2) is 24.3 Å². The van der Waals surface area contributed by atoms with Crippen molar-refractivity contribution in [3.8, 4) is 5.75 Å². The van der Waals surface area contributed by atoms with Gasteiger partial charge in [-0.05, 0) is 25.0 Å². The topological polar surface area (TPSA) is 107 Å². The fourth-order valence-corrected chi connectivity index (χ4v) is 1.91. The van der Waals surface area contributed by atoms with Crippen LogP contribution >= 0.6 is 0 Å². The van der Waals surface area contributed by atoms with Gasteiger partial charge in [-0.3, -0.25) is 19.7 Å². The zero-order valence-electron chi connectivity index (χ0n) is 9.81. The zero-order chi connectivity index (χ0) is 14.0. The van der Waals surface area contributed by atoms with Gasteiger partial charge in [0.05, 0.1) is 16.8 Å². The van der Waals surface area contributed by atoms with E-state index >= 15 is 0 Å². The second-order valence-corrected chi connectivity index (χ2v) is 4.30. The molecule has 0 radical (unpaired) electrons. The van der Waals surface area contributed by atoms with E-state index < -0.39 is 28.7 Å². The number of nitrogens with zero attached hydrogens (tertiary/aromatic N) is 1. The molecular weight excluding hydrogens is 254 g/mol. The number of rotatable bonds is 4. The van der Waals surface area contributed by atoms with Crippen LogP contribution in [0.4, 0.5) is 5.69 Å². The number of ether oxygens (including phenoxy) is 1. The minimum absolute atomic E-state index is 0.105. The third kappa shape index (κ3) is 2.70. The first-order chi connectivity index (χ1) is 8.99. The Labute approximate surface area is 107 Å². The molecule has 0 heterocycles. The lowest BCUT2D eigenvalue weighted by atomic mass is 9.74. The van der Waals surface area contributed by atoms with Gasteiger partial charge in [0, 0.05) is 12.1 Å². The summed E-state index contributed by atoms with van der Waals surface area (Å²) in [4.78, 5) is 32.4. The Morgan fingerprint density at radius 3 is 2.21 bits per heavy atom. The lowest BCUT2D eigenvalue weighted by Crippen LogP contribution is -2.40. The standard InChI is InChI=1S/C12H11NO6/c14-11(15)9-5-6-10(9)12(16)19-8-3-1-7(2-4-8)13(17)18/h1-4,9-10H,5-6H2,(H,14,15)/t9-,10-/m0/s1. The summed E-state index contributed by atoms with van der Waals surface area (Å²) in [5, 5.41) is 19.3. The third-order valence-corrected chi connectivity index (χ3v) is 3.16. The number of hydrogen-bond donors (Lipinski definition) is 1. The number of esters is 1. The van der Waals surface area contributed by atoms with E-state index in [-0.39, 0.29) is 11.4 Å². The summed E-state index contributed by atoms with van der Waals surface area (Å²) < 4.78 is 5.01. The number of aliphatic carboxylic acids is 1. The summed E-state index contributed by atoms with van der Waals surface area (Å²) in [6, 6.07) is 5.06. The molecular formula is C12H11NO6. The van der Waals surface area contributed by atoms with Gasteiger partial charge in [0.2, 0.25) is 0 Å². The molecule has 19 heavy (non-hydrogen) atoms. The number of carboxylic acid groups (broad SMARTS) is 1. The second kappa shape index (κ2) is 5.05. The number of non-ortho nitro benzene ring substituents is 1. The van der Waals surface area contributed by atoms with E-state index in [0.717, 1.165) is 0 Å². The first kappa shape index (κ1) is 13.0. The van der Waals surface area contributed by atoms with Gasteiger partial charge in [-0.15, -0.1) is 0 Å². The minimum atomic E-state index is -1.00. The largest absolute Gasteiger partial charge is 0.481 e. The molecule has 0 bridgehead atoms. The summed E-state index contributed by atoms with van der Waals surface area (Å²) in [5.41, 5.74) is -0.105. The normalized spacial score (nSPS) is 21.3. The molecule has 7 nitrogen and oxygen atoms in total. The monoisotopic (exact) mass is 265 g/mol. The Kier molecular flexibility index (Phi) is 3.46. The van der Waals surface area contributed by atoms with Crippen molar-refractivity contribution in [2.45, 2.75) is 12.8 Å². The maximum atomic E-state index is 11.7. The Bertz CT molecular complexity index is 524. The van der Waals surface area contributed by atoms with Crippen LogP contribution in [0.2, 0.25) is 0 Å². The van der Waals surface area contributed by atoms with E-state index in [9.17, 15) is 19.7 Å². The average molecular weight is 265 g/mol. The van der Waals surface area contributed by atoms with Crippen LogP contribution in [0.25, 0.3) is 0 Å². The van der Waals surface area contributed by atoms with Crippen LogP contribution in [-0.2, 0) is 9.59 Å². The molecule has 100 valence electrons. The van der Waals surface area contributed by atoms with Crippen molar-refractivity contribution < 1.29 is 24.4 Å². The quantitative estimate of drug-likeness (QED) is 0.383. The number of nitro groups is 1. The number of carbonyl (C=O) groups excluding carboxylic acids is 1. The molecule has 7 heteroatoms. The molecule has 1 aromatic carbocycles. The fourth-order valence-electron chi connectivity index (χ4n) is 1.91. The highest BCUT2D eigenvalue weighted by Gasteiger charge is 2.42. The molecule has 1 aromatic rings. The van der Waals surface area contributed by atoms with Crippen molar-refractivity contribution >= 4 is 17.6 Å². The van der Waals surface area contributed by atoms with E-state index in [2.05, 4.69) is 0 Å². The number of benzene rings is 1. The molecule has 0 aromatic heterocycles. The molecule has 2 atom stereocenters. The molecule has 1 aliphatic rings. The minimum Gasteiger partial charge on any atom is -0.481 e. The molecule has 0 aliphatic heterocycles.